The molecule has 72 heavy (non-hydrogen) atoms. The lowest BCUT2D eigenvalue weighted by Crippen LogP contribution is -2.54. The molecule has 0 N–H and O–H groups in total. The van der Waals surface area contributed by atoms with E-state index < -0.39 is 0 Å². The summed E-state index contributed by atoms with van der Waals surface area (Å²) in [7, 11) is 0. The molecule has 0 nitrogen and oxygen atoms in total. The first kappa shape index (κ1) is 25.5. The van der Waals surface area contributed by atoms with Gasteiger partial charge in [0.2, 0.25) is 0 Å². The summed E-state index contributed by atoms with van der Waals surface area (Å²) < 4.78 is 0. The van der Waals surface area contributed by atoms with Gasteiger partial charge in [-0.05, 0) is 357 Å². The molecule has 4 atom stereocenters. The van der Waals surface area contributed by atoms with E-state index in [-0.39, 0.29) is 10.8 Å². The normalized spacial score (nSPS) is 24.9. The smallest absolute Gasteiger partial charge is 0.0215 e. The zero-order valence-corrected chi connectivity index (χ0v) is 37.2. The van der Waals surface area contributed by atoms with E-state index in [4.69, 9.17) is 0 Å². The third kappa shape index (κ3) is 1.24. The van der Waals surface area contributed by atoms with Crippen LogP contribution in [0.3, 0.4) is 0 Å². The lowest BCUT2D eigenvalue weighted by molar-refractivity contribution is 0.203. The van der Waals surface area contributed by atoms with Crippen LogP contribution in [0.15, 0.2) is 0 Å². The van der Waals surface area contributed by atoms with Gasteiger partial charge in [0.25, 0.3) is 0 Å². The summed E-state index contributed by atoms with van der Waals surface area (Å²) in [4.78, 5) is 0. The number of hydrogen-bond donors (Lipinski definition) is 0. The summed E-state index contributed by atoms with van der Waals surface area (Å²) in [6.07, 6.45) is 0. The van der Waals surface area contributed by atoms with Crippen LogP contribution in [0.1, 0.15) is 59.1 Å². The van der Waals surface area contributed by atoms with E-state index in [2.05, 4.69) is 13.8 Å². The van der Waals surface area contributed by atoms with Gasteiger partial charge < -0.3 is 0 Å². The Kier molecular flexibility index (Phi) is 1.94. The average molecular weight is 873 g/mol. The standard InChI is InChI=1S/C72H8/c1-71-67-59-51-40-29-19-9-4-3-5-7-6(4)13-17-18-14(7)22-20-10(5)16-12-8(3)11-15(9)25(29)36-31-23(11)24(12)32-37-26(16)30(20)41-43-34(22)39-28(18)35-27(17)38-33(21(13)19)42(40)55-48(38)57-50(35)58-49(39)56(43)64-60-52(41)47(37)54-45(32)44(31)53(46(36)51)61(67)62(54)68(60)72(71,2)70(64)66(58)65(57)69(71)63(55)59/h69-70H,1-2H3/t69?,70?,71-,72-/m1/s1. The summed E-state index contributed by atoms with van der Waals surface area (Å²) in [5.74, 6) is 0.715. The van der Waals surface area contributed by atoms with E-state index in [9.17, 15) is 0 Å². The van der Waals surface area contributed by atoms with Crippen molar-refractivity contribution in [2.24, 2.45) is 0 Å². The Morgan fingerprint density at radius 1 is 0.139 bits per heavy atom. The predicted molar refractivity (Wildman–Crippen MR) is 306 cm³/mol. The van der Waals surface area contributed by atoms with Crippen molar-refractivity contribution < 1.29 is 0 Å². The van der Waals surface area contributed by atoms with Gasteiger partial charge in [0.05, 0.1) is 0 Å². The zero-order valence-electron chi connectivity index (χ0n) is 37.2. The maximum Gasteiger partial charge on any atom is 0.0215 e. The van der Waals surface area contributed by atoms with E-state index in [1.165, 1.54) is 0 Å². The van der Waals surface area contributed by atoms with Crippen molar-refractivity contribution >= 4 is 323 Å². The van der Waals surface area contributed by atoms with Crippen molar-refractivity contribution in [2.45, 2.75) is 36.5 Å². The fraction of sp³-hybridized carbons (Fsp3) is 0.0833. The molecule has 37 rings (SSSR count). The van der Waals surface area contributed by atoms with Crippen molar-refractivity contribution in [1.82, 2.24) is 0 Å². The van der Waals surface area contributed by atoms with Crippen molar-refractivity contribution in [2.75, 3.05) is 0 Å². The van der Waals surface area contributed by atoms with Gasteiger partial charge in [-0.15, -0.1) is 0 Å². The fourth-order valence-electron chi connectivity index (χ4n) is 28.5. The van der Waals surface area contributed by atoms with Crippen LogP contribution in [-0.2, 0) is 10.8 Å². The molecule has 0 spiro atoms. The van der Waals surface area contributed by atoms with E-state index in [0.717, 1.165) is 0 Å². The Hall–Kier alpha value is -8.58. The molecule has 0 heterocycles. The maximum atomic E-state index is 2.93. The number of hydrogen-bond acceptors (Lipinski definition) is 0. The molecule has 0 saturated heterocycles. The average Bonchev–Trinajstić information content (AvgIpc) is 4.42. The monoisotopic (exact) mass is 872 g/mol. The van der Waals surface area contributed by atoms with Gasteiger partial charge in [-0.25, -0.2) is 0 Å². The topological polar surface area (TPSA) is 0 Å². The Morgan fingerprint density at radius 2 is 0.264 bits per heavy atom. The minimum absolute atomic E-state index is 0.0960. The Morgan fingerprint density at radius 3 is 0.458 bits per heavy atom. The van der Waals surface area contributed by atoms with Crippen LogP contribution in [0.25, 0.3) is 323 Å². The molecule has 0 aromatic heterocycles. The molecule has 0 amide bonds. The van der Waals surface area contributed by atoms with Gasteiger partial charge in [0.15, 0.2) is 0 Å². The van der Waals surface area contributed by atoms with Crippen molar-refractivity contribution in [3.05, 3.63) is 33.4 Å². The van der Waals surface area contributed by atoms with Crippen LogP contribution >= 0.6 is 0 Å². The molecule has 0 aliphatic heterocycles. The van der Waals surface area contributed by atoms with Crippen LogP contribution < -0.4 is 0 Å². The van der Waals surface area contributed by atoms with E-state index in [1.807, 2.05) is 22.3 Å². The van der Waals surface area contributed by atoms with E-state index in [0.29, 0.717) is 11.8 Å². The SMILES string of the molecule is C[C@]12c3c4c5c6c7c8c(c9c%10c%11c%12c%13c%14c(c%15c3c3c%16c4c4c6c6c7c7c(c8%10)c8c%11c%10c%12c%11c%14c%12c%15c%14c3c3c%16c%15c4c4c6c6c7c8c7c%10c8c%11c%10c%12c%14c%11c3c3c%15c4c4c6c7c6c8c%10c%11c3c46)[C@]1(C)C9%13)C52. The molecular weight excluding hydrogens is 865 g/mol. The summed E-state index contributed by atoms with van der Waals surface area (Å²) in [5, 5.41) is 102. The van der Waals surface area contributed by atoms with Crippen LogP contribution in [0.2, 0.25) is 0 Å². The van der Waals surface area contributed by atoms with Crippen LogP contribution in [0, 0.1) is 0 Å². The third-order valence-corrected chi connectivity index (χ3v) is 28.6. The van der Waals surface area contributed by atoms with Crippen LogP contribution in [0.4, 0.5) is 0 Å². The minimum Gasteiger partial charge on any atom is -0.0537 e. The lowest BCUT2D eigenvalue weighted by Gasteiger charge is -2.58. The van der Waals surface area contributed by atoms with Crippen LogP contribution in [0.5, 0.6) is 0 Å². The summed E-state index contributed by atoms with van der Waals surface area (Å²) in [6.45, 7) is 5.86. The molecule has 6 aliphatic carbocycles. The molecule has 6 aliphatic rings. The lowest BCUT2D eigenvalue weighted by atomic mass is 9.43. The number of benzene rings is 21. The van der Waals surface area contributed by atoms with Crippen molar-refractivity contribution in [3.8, 4) is 0 Å². The molecule has 0 heteroatoms. The highest BCUT2D eigenvalue weighted by Gasteiger charge is 2.72. The molecule has 31 aromatic rings. The molecule has 0 radical (unpaired) electrons. The second-order valence-electron chi connectivity index (χ2n) is 28.2. The van der Waals surface area contributed by atoms with Gasteiger partial charge in [-0.2, -0.15) is 0 Å². The van der Waals surface area contributed by atoms with Gasteiger partial charge in [0.1, 0.15) is 0 Å². The van der Waals surface area contributed by atoms with Gasteiger partial charge in [0, 0.05) is 22.7 Å². The van der Waals surface area contributed by atoms with E-state index in [1.54, 1.807) is 334 Å². The molecular formula is C72H8. The first-order chi connectivity index (χ1) is 35.7. The highest BCUT2D eigenvalue weighted by molar-refractivity contribution is 6.82. The molecule has 296 valence electrons. The Bertz CT molecular complexity index is 7840. The Labute approximate surface area is 390 Å². The Balaban J connectivity index is 1.22. The molecule has 0 fully saturated rings. The third-order valence-electron chi connectivity index (χ3n) is 28.6. The van der Waals surface area contributed by atoms with Gasteiger partial charge >= 0.3 is 0 Å². The molecule has 2 unspecified atom stereocenters. The zero-order chi connectivity index (χ0) is 42.3. The summed E-state index contributed by atoms with van der Waals surface area (Å²) >= 11 is 0. The summed E-state index contributed by atoms with van der Waals surface area (Å²) in [5.41, 5.74) is 10.7. The van der Waals surface area contributed by atoms with Crippen LogP contribution in [-0.4, -0.2) is 0 Å². The van der Waals surface area contributed by atoms with E-state index >= 15 is 0 Å². The van der Waals surface area contributed by atoms with Crippen molar-refractivity contribution in [1.29, 1.82) is 0 Å². The highest BCUT2D eigenvalue weighted by Crippen LogP contribution is 2.87. The maximum absolute atomic E-state index is 2.93. The second-order valence-corrected chi connectivity index (χ2v) is 28.2. The van der Waals surface area contributed by atoms with Gasteiger partial charge in [-0.1, -0.05) is 13.8 Å². The fourth-order valence-corrected chi connectivity index (χ4v) is 28.5. The molecule has 0 bridgehead atoms. The first-order valence-electron chi connectivity index (χ1n) is 27.5. The van der Waals surface area contributed by atoms with Gasteiger partial charge in [-0.3, -0.25) is 0 Å². The molecule has 0 saturated carbocycles. The highest BCUT2D eigenvalue weighted by atomic mass is 14.7. The predicted octanol–water partition coefficient (Wildman–Crippen LogP) is 19.9. The minimum atomic E-state index is -0.0960. The quantitative estimate of drug-likeness (QED) is 0.105. The largest absolute Gasteiger partial charge is 0.0537 e. The second kappa shape index (κ2) is 5.47. The first-order valence-corrected chi connectivity index (χ1v) is 27.5. The summed E-state index contributed by atoms with van der Waals surface area (Å²) in [6, 6.07) is 0. The van der Waals surface area contributed by atoms with Crippen molar-refractivity contribution in [3.63, 3.8) is 0 Å². The molecule has 31 aromatic carbocycles. The number of rotatable bonds is 0.